The molecule has 3 heteroatoms. The second-order valence-electron chi connectivity index (χ2n) is 6.44. The summed E-state index contributed by atoms with van der Waals surface area (Å²) in [4.78, 5) is 0. The van der Waals surface area contributed by atoms with E-state index in [-0.39, 0.29) is 0 Å². The van der Waals surface area contributed by atoms with Gasteiger partial charge in [0.15, 0.2) is 0 Å². The smallest absolute Gasteiger partial charge is 0.0700 e. The number of nitrogens with one attached hydrogen (secondary N) is 1. The van der Waals surface area contributed by atoms with Crippen LogP contribution < -0.4 is 5.32 Å². The molecule has 0 radical (unpaired) electrons. The van der Waals surface area contributed by atoms with Crippen LogP contribution in [0.2, 0.25) is 0 Å². The van der Waals surface area contributed by atoms with Crippen molar-refractivity contribution in [3.8, 4) is 0 Å². The molecule has 0 aromatic heterocycles. The highest BCUT2D eigenvalue weighted by Gasteiger charge is 2.57. The van der Waals surface area contributed by atoms with E-state index in [2.05, 4.69) is 19.2 Å². The standard InChI is InChI=1S/C14H25NO2/c1-14(2)12(11-6-4-8-17-13(11)14)15-9-10-5-3-7-16-10/h10-13,15H,3-9H2,1-2H3. The molecule has 3 rings (SSSR count). The maximum Gasteiger partial charge on any atom is 0.0700 e. The fourth-order valence-corrected chi connectivity index (χ4v) is 4.00. The summed E-state index contributed by atoms with van der Waals surface area (Å²) in [5.41, 5.74) is 0.295. The van der Waals surface area contributed by atoms with Crippen molar-refractivity contribution in [1.82, 2.24) is 5.32 Å². The first-order valence-corrected chi connectivity index (χ1v) is 7.16. The van der Waals surface area contributed by atoms with E-state index in [1.165, 1.54) is 25.7 Å². The third kappa shape index (κ3) is 2.02. The van der Waals surface area contributed by atoms with E-state index in [0.29, 0.717) is 23.7 Å². The Balaban J connectivity index is 1.55. The zero-order valence-corrected chi connectivity index (χ0v) is 11.1. The van der Waals surface area contributed by atoms with Crippen molar-refractivity contribution in [2.45, 2.75) is 57.8 Å². The quantitative estimate of drug-likeness (QED) is 0.816. The monoisotopic (exact) mass is 239 g/mol. The molecule has 3 nitrogen and oxygen atoms in total. The normalized spacial score (nSPS) is 44.1. The number of ether oxygens (including phenoxy) is 2. The van der Waals surface area contributed by atoms with E-state index in [0.717, 1.165) is 25.7 Å². The van der Waals surface area contributed by atoms with Crippen LogP contribution in [0.15, 0.2) is 0 Å². The van der Waals surface area contributed by atoms with Crippen molar-refractivity contribution >= 4 is 0 Å². The van der Waals surface area contributed by atoms with Crippen LogP contribution in [0, 0.1) is 11.3 Å². The Kier molecular flexibility index (Phi) is 3.18. The third-order valence-corrected chi connectivity index (χ3v) is 4.92. The molecule has 3 fully saturated rings. The van der Waals surface area contributed by atoms with Gasteiger partial charge in [0, 0.05) is 37.1 Å². The number of hydrogen-bond donors (Lipinski definition) is 1. The molecule has 1 N–H and O–H groups in total. The Morgan fingerprint density at radius 1 is 1.12 bits per heavy atom. The lowest BCUT2D eigenvalue weighted by Crippen LogP contribution is -2.69. The van der Waals surface area contributed by atoms with Crippen LogP contribution in [0.3, 0.4) is 0 Å². The van der Waals surface area contributed by atoms with Crippen molar-refractivity contribution in [1.29, 1.82) is 0 Å². The van der Waals surface area contributed by atoms with Crippen LogP contribution in [-0.4, -0.2) is 38.0 Å². The zero-order chi connectivity index (χ0) is 11.9. The minimum absolute atomic E-state index is 0.295. The number of fused-ring (bicyclic) bond motifs is 1. The Bertz CT molecular complexity index is 273. The molecule has 0 bridgehead atoms. The molecule has 0 spiro atoms. The summed E-state index contributed by atoms with van der Waals surface area (Å²) in [6.45, 7) is 7.62. The van der Waals surface area contributed by atoms with Gasteiger partial charge in [0.05, 0.1) is 12.2 Å². The van der Waals surface area contributed by atoms with Crippen molar-refractivity contribution in [2.75, 3.05) is 19.8 Å². The molecule has 0 aromatic rings. The van der Waals surface area contributed by atoms with Crippen LogP contribution in [0.1, 0.15) is 39.5 Å². The zero-order valence-electron chi connectivity index (χ0n) is 11.1. The molecule has 4 atom stereocenters. The first-order chi connectivity index (χ1) is 8.19. The molecular formula is C14H25NO2. The van der Waals surface area contributed by atoms with E-state index in [4.69, 9.17) is 9.47 Å². The minimum Gasteiger partial charge on any atom is -0.377 e. The summed E-state index contributed by atoms with van der Waals surface area (Å²) in [5, 5.41) is 3.75. The average molecular weight is 239 g/mol. The largest absolute Gasteiger partial charge is 0.377 e. The lowest BCUT2D eigenvalue weighted by atomic mass is 9.55. The summed E-state index contributed by atoms with van der Waals surface area (Å²) in [5.74, 6) is 0.736. The van der Waals surface area contributed by atoms with Crippen LogP contribution >= 0.6 is 0 Å². The van der Waals surface area contributed by atoms with Crippen LogP contribution in [0.25, 0.3) is 0 Å². The summed E-state index contributed by atoms with van der Waals surface area (Å²) >= 11 is 0. The number of rotatable bonds is 3. The first-order valence-electron chi connectivity index (χ1n) is 7.16. The second kappa shape index (κ2) is 4.52. The van der Waals surface area contributed by atoms with Crippen molar-refractivity contribution in [3.05, 3.63) is 0 Å². The predicted octanol–water partition coefficient (Wildman–Crippen LogP) is 1.96. The summed E-state index contributed by atoms with van der Waals surface area (Å²) < 4.78 is 11.6. The average Bonchev–Trinajstić information content (AvgIpc) is 2.82. The van der Waals surface area contributed by atoms with Gasteiger partial charge in [-0.25, -0.2) is 0 Å². The molecule has 2 heterocycles. The summed E-state index contributed by atoms with van der Waals surface area (Å²) in [6, 6.07) is 0.622. The topological polar surface area (TPSA) is 30.5 Å². The van der Waals surface area contributed by atoms with Gasteiger partial charge >= 0.3 is 0 Å². The lowest BCUT2D eigenvalue weighted by molar-refractivity contribution is -0.193. The van der Waals surface area contributed by atoms with E-state index in [1.807, 2.05) is 0 Å². The molecule has 0 amide bonds. The van der Waals surface area contributed by atoms with Gasteiger partial charge < -0.3 is 14.8 Å². The molecule has 98 valence electrons. The van der Waals surface area contributed by atoms with E-state index in [9.17, 15) is 0 Å². The Hall–Kier alpha value is -0.120. The fraction of sp³-hybridized carbons (Fsp3) is 1.00. The highest BCUT2D eigenvalue weighted by Crippen LogP contribution is 2.51. The number of hydrogen-bond acceptors (Lipinski definition) is 3. The second-order valence-corrected chi connectivity index (χ2v) is 6.44. The Morgan fingerprint density at radius 2 is 1.88 bits per heavy atom. The van der Waals surface area contributed by atoms with Crippen molar-refractivity contribution in [2.24, 2.45) is 11.3 Å². The minimum atomic E-state index is 0.295. The van der Waals surface area contributed by atoms with Gasteiger partial charge in [0.25, 0.3) is 0 Å². The Labute approximate surface area is 104 Å². The predicted molar refractivity (Wildman–Crippen MR) is 67.0 cm³/mol. The Morgan fingerprint density at radius 3 is 2.65 bits per heavy atom. The van der Waals surface area contributed by atoms with E-state index < -0.39 is 0 Å². The SMILES string of the molecule is CC1(C)C(NCC2CCCO2)C2CCCOC21. The van der Waals surface area contributed by atoms with Gasteiger partial charge in [-0.15, -0.1) is 0 Å². The molecule has 1 saturated carbocycles. The van der Waals surface area contributed by atoms with E-state index in [1.54, 1.807) is 0 Å². The van der Waals surface area contributed by atoms with Crippen LogP contribution in [0.4, 0.5) is 0 Å². The highest BCUT2D eigenvalue weighted by atomic mass is 16.5. The van der Waals surface area contributed by atoms with Gasteiger partial charge in [-0.2, -0.15) is 0 Å². The molecular weight excluding hydrogens is 214 g/mol. The lowest BCUT2D eigenvalue weighted by Gasteiger charge is -2.60. The molecule has 17 heavy (non-hydrogen) atoms. The van der Waals surface area contributed by atoms with Crippen LogP contribution in [0.5, 0.6) is 0 Å². The van der Waals surface area contributed by atoms with Crippen molar-refractivity contribution < 1.29 is 9.47 Å². The first kappa shape index (κ1) is 11.9. The van der Waals surface area contributed by atoms with Gasteiger partial charge in [-0.1, -0.05) is 13.8 Å². The summed E-state index contributed by atoms with van der Waals surface area (Å²) in [7, 11) is 0. The molecule has 1 aliphatic carbocycles. The van der Waals surface area contributed by atoms with Crippen LogP contribution in [-0.2, 0) is 9.47 Å². The molecule has 2 aliphatic heterocycles. The summed E-state index contributed by atoms with van der Waals surface area (Å²) in [6.07, 6.45) is 5.96. The van der Waals surface area contributed by atoms with Gasteiger partial charge in [0.2, 0.25) is 0 Å². The third-order valence-electron chi connectivity index (χ3n) is 4.92. The molecule has 0 aromatic carbocycles. The maximum absolute atomic E-state index is 5.92. The van der Waals surface area contributed by atoms with Gasteiger partial charge in [-0.05, 0) is 25.7 Å². The molecule has 3 aliphatic rings. The highest BCUT2D eigenvalue weighted by molar-refractivity contribution is 5.10. The van der Waals surface area contributed by atoms with Crippen molar-refractivity contribution in [3.63, 3.8) is 0 Å². The van der Waals surface area contributed by atoms with E-state index >= 15 is 0 Å². The van der Waals surface area contributed by atoms with Gasteiger partial charge in [-0.3, -0.25) is 0 Å². The molecule has 2 saturated heterocycles. The van der Waals surface area contributed by atoms with Gasteiger partial charge in [0.1, 0.15) is 0 Å². The fourth-order valence-electron chi connectivity index (χ4n) is 4.00. The molecule has 4 unspecified atom stereocenters. The maximum atomic E-state index is 5.92.